The van der Waals surface area contributed by atoms with Crippen LogP contribution in [0.2, 0.25) is 5.02 Å². The summed E-state index contributed by atoms with van der Waals surface area (Å²) in [5.74, 6) is 0.794. The second-order valence-electron chi connectivity index (χ2n) is 9.30. The van der Waals surface area contributed by atoms with Crippen molar-refractivity contribution in [2.24, 2.45) is 5.92 Å². The number of carbonyl (C=O) groups is 1. The van der Waals surface area contributed by atoms with Gasteiger partial charge in [-0.1, -0.05) is 36.7 Å². The van der Waals surface area contributed by atoms with Gasteiger partial charge in [0, 0.05) is 30.3 Å². The van der Waals surface area contributed by atoms with E-state index >= 15 is 0 Å². The molecule has 0 radical (unpaired) electrons. The molecule has 9 heteroatoms. The number of anilines is 2. The predicted molar refractivity (Wildman–Crippen MR) is 148 cm³/mol. The second-order valence-corrected chi connectivity index (χ2v) is 11.6. The smallest absolute Gasteiger partial charge is 0.264 e. The molecule has 1 aliphatic heterocycles. The van der Waals surface area contributed by atoms with E-state index in [9.17, 15) is 13.2 Å². The zero-order chi connectivity index (χ0) is 26.4. The van der Waals surface area contributed by atoms with Crippen LogP contribution in [0.15, 0.2) is 77.7 Å². The lowest BCUT2D eigenvalue weighted by Gasteiger charge is -2.32. The van der Waals surface area contributed by atoms with Crippen molar-refractivity contribution in [1.82, 2.24) is 5.32 Å². The molecule has 1 amide bonds. The lowest BCUT2D eigenvalue weighted by Crippen LogP contribution is -2.40. The SMILES string of the molecule is COc1ccc(S(=O)(=O)N(CC(=O)NCc2ccc(N3CCCC(C)C3)cc2)c2cccc(Cl)c2)cc1. The largest absolute Gasteiger partial charge is 0.497 e. The van der Waals surface area contributed by atoms with Gasteiger partial charge in [0.05, 0.1) is 17.7 Å². The second kappa shape index (κ2) is 11.9. The molecule has 1 unspecified atom stereocenters. The first-order chi connectivity index (χ1) is 17.8. The van der Waals surface area contributed by atoms with Crippen LogP contribution < -0.4 is 19.3 Å². The van der Waals surface area contributed by atoms with Gasteiger partial charge in [-0.15, -0.1) is 0 Å². The molecular formula is C28H32ClN3O4S. The molecule has 0 spiro atoms. The topological polar surface area (TPSA) is 79.0 Å². The maximum absolute atomic E-state index is 13.5. The number of amides is 1. The molecule has 0 bridgehead atoms. The van der Waals surface area contributed by atoms with Gasteiger partial charge in [0.1, 0.15) is 12.3 Å². The maximum atomic E-state index is 13.5. The summed E-state index contributed by atoms with van der Waals surface area (Å²) in [7, 11) is -2.54. The number of rotatable bonds is 9. The number of hydrogen-bond donors (Lipinski definition) is 1. The summed E-state index contributed by atoms with van der Waals surface area (Å²) in [6, 6.07) is 20.6. The number of sulfonamides is 1. The first-order valence-electron chi connectivity index (χ1n) is 12.3. The van der Waals surface area contributed by atoms with Crippen molar-refractivity contribution in [3.8, 4) is 5.75 Å². The van der Waals surface area contributed by atoms with Crippen LogP contribution in [-0.4, -0.2) is 41.1 Å². The van der Waals surface area contributed by atoms with Gasteiger partial charge in [0.15, 0.2) is 0 Å². The summed E-state index contributed by atoms with van der Waals surface area (Å²) in [6.45, 7) is 4.29. The summed E-state index contributed by atoms with van der Waals surface area (Å²) in [4.78, 5) is 15.4. The van der Waals surface area contributed by atoms with Gasteiger partial charge in [0.25, 0.3) is 10.0 Å². The van der Waals surface area contributed by atoms with Crippen LogP contribution in [0, 0.1) is 5.92 Å². The molecule has 1 N–H and O–H groups in total. The molecule has 1 saturated heterocycles. The molecule has 1 atom stereocenters. The average molecular weight is 542 g/mol. The van der Waals surface area contributed by atoms with Crippen LogP contribution in [0.3, 0.4) is 0 Å². The van der Waals surface area contributed by atoms with Gasteiger partial charge in [-0.25, -0.2) is 8.42 Å². The van der Waals surface area contributed by atoms with Crippen molar-refractivity contribution in [2.75, 3.05) is 35.9 Å². The Morgan fingerprint density at radius 2 is 1.84 bits per heavy atom. The lowest BCUT2D eigenvalue weighted by atomic mass is 9.99. The Labute approximate surface area is 224 Å². The minimum atomic E-state index is -4.04. The predicted octanol–water partition coefficient (Wildman–Crippen LogP) is 5.10. The zero-order valence-corrected chi connectivity index (χ0v) is 22.6. The molecule has 3 aromatic carbocycles. The number of nitrogens with zero attached hydrogens (tertiary/aromatic N) is 2. The van der Waals surface area contributed by atoms with E-state index in [2.05, 4.69) is 29.3 Å². The van der Waals surface area contributed by atoms with E-state index in [1.54, 1.807) is 30.3 Å². The molecule has 7 nitrogen and oxygen atoms in total. The number of halogens is 1. The quantitative estimate of drug-likeness (QED) is 0.408. The number of piperidine rings is 1. The van der Waals surface area contributed by atoms with Gasteiger partial charge >= 0.3 is 0 Å². The van der Waals surface area contributed by atoms with E-state index in [0.717, 1.165) is 23.0 Å². The van der Waals surface area contributed by atoms with E-state index in [1.807, 2.05) is 12.1 Å². The zero-order valence-electron chi connectivity index (χ0n) is 21.1. The van der Waals surface area contributed by atoms with Crippen molar-refractivity contribution in [3.05, 3.63) is 83.4 Å². The highest BCUT2D eigenvalue weighted by molar-refractivity contribution is 7.92. The van der Waals surface area contributed by atoms with E-state index in [4.69, 9.17) is 16.3 Å². The first-order valence-corrected chi connectivity index (χ1v) is 14.1. The number of ether oxygens (including phenoxy) is 1. The van der Waals surface area contributed by atoms with E-state index < -0.39 is 22.5 Å². The summed E-state index contributed by atoms with van der Waals surface area (Å²) < 4.78 is 33.2. The molecule has 4 rings (SSSR count). The molecule has 1 heterocycles. The third kappa shape index (κ3) is 6.76. The Balaban J connectivity index is 1.46. The minimum absolute atomic E-state index is 0.0451. The Bertz CT molecular complexity index is 1310. The van der Waals surface area contributed by atoms with E-state index in [0.29, 0.717) is 28.9 Å². The molecule has 37 heavy (non-hydrogen) atoms. The highest BCUT2D eigenvalue weighted by Crippen LogP contribution is 2.27. The minimum Gasteiger partial charge on any atom is -0.497 e. The Morgan fingerprint density at radius 1 is 1.11 bits per heavy atom. The summed E-state index contributed by atoms with van der Waals surface area (Å²) in [6.07, 6.45) is 2.46. The van der Waals surface area contributed by atoms with Gasteiger partial charge in [-0.05, 0) is 78.9 Å². The van der Waals surface area contributed by atoms with Crippen LogP contribution in [0.4, 0.5) is 11.4 Å². The Morgan fingerprint density at radius 3 is 2.49 bits per heavy atom. The van der Waals surface area contributed by atoms with Gasteiger partial charge in [-0.3, -0.25) is 9.10 Å². The van der Waals surface area contributed by atoms with E-state index in [1.165, 1.54) is 43.8 Å². The van der Waals surface area contributed by atoms with Crippen LogP contribution in [-0.2, 0) is 21.4 Å². The monoisotopic (exact) mass is 541 g/mol. The normalized spacial score (nSPS) is 15.8. The maximum Gasteiger partial charge on any atom is 0.264 e. The number of nitrogens with one attached hydrogen (secondary N) is 1. The van der Waals surface area contributed by atoms with E-state index in [-0.39, 0.29) is 4.90 Å². The van der Waals surface area contributed by atoms with Crippen molar-refractivity contribution in [3.63, 3.8) is 0 Å². The fourth-order valence-corrected chi connectivity index (χ4v) is 6.05. The standard InChI is InChI=1S/C28H32ClN3O4S/c1-21-5-4-16-31(19-21)24-10-8-22(9-11-24)18-30-28(33)20-32(25-7-3-6-23(29)17-25)37(34,35)27-14-12-26(36-2)13-15-27/h3,6-15,17,21H,4-5,16,18-20H2,1-2H3,(H,30,33). The molecule has 0 aliphatic carbocycles. The number of benzene rings is 3. The van der Waals surface area contributed by atoms with Gasteiger partial charge < -0.3 is 15.0 Å². The van der Waals surface area contributed by atoms with Gasteiger partial charge in [0.2, 0.25) is 5.91 Å². The highest BCUT2D eigenvalue weighted by Gasteiger charge is 2.27. The fraction of sp³-hybridized carbons (Fsp3) is 0.321. The Kier molecular flexibility index (Phi) is 8.61. The van der Waals surface area contributed by atoms with Crippen LogP contribution in [0.25, 0.3) is 0 Å². The molecule has 1 fully saturated rings. The number of carbonyl (C=O) groups excluding carboxylic acids is 1. The molecule has 196 valence electrons. The molecule has 3 aromatic rings. The van der Waals surface area contributed by atoms with Crippen LogP contribution >= 0.6 is 11.6 Å². The third-order valence-electron chi connectivity index (χ3n) is 6.48. The van der Waals surface area contributed by atoms with Crippen molar-refractivity contribution in [2.45, 2.75) is 31.2 Å². The first kappa shape index (κ1) is 26.8. The molecule has 0 aromatic heterocycles. The summed E-state index contributed by atoms with van der Waals surface area (Å²) >= 11 is 6.14. The van der Waals surface area contributed by atoms with Crippen molar-refractivity contribution >= 4 is 38.9 Å². The highest BCUT2D eigenvalue weighted by atomic mass is 35.5. The van der Waals surface area contributed by atoms with Crippen LogP contribution in [0.1, 0.15) is 25.3 Å². The lowest BCUT2D eigenvalue weighted by molar-refractivity contribution is -0.119. The summed E-state index contributed by atoms with van der Waals surface area (Å²) in [5, 5.41) is 3.22. The van der Waals surface area contributed by atoms with Crippen molar-refractivity contribution < 1.29 is 17.9 Å². The fourth-order valence-electron chi connectivity index (χ4n) is 4.46. The molecule has 0 saturated carbocycles. The van der Waals surface area contributed by atoms with Crippen molar-refractivity contribution in [1.29, 1.82) is 0 Å². The van der Waals surface area contributed by atoms with Gasteiger partial charge in [-0.2, -0.15) is 0 Å². The average Bonchev–Trinajstić information content (AvgIpc) is 2.91. The Hall–Kier alpha value is -3.23. The summed E-state index contributed by atoms with van der Waals surface area (Å²) in [5.41, 5.74) is 2.42. The van der Waals surface area contributed by atoms with Crippen LogP contribution in [0.5, 0.6) is 5.75 Å². The number of methoxy groups -OCH3 is 1. The third-order valence-corrected chi connectivity index (χ3v) is 8.50. The number of hydrogen-bond acceptors (Lipinski definition) is 5. The molecule has 1 aliphatic rings. The molecular weight excluding hydrogens is 510 g/mol.